The van der Waals surface area contributed by atoms with Crippen LogP contribution in [0, 0.1) is 0 Å². The lowest BCUT2D eigenvalue weighted by molar-refractivity contribution is -0.137. The zero-order chi connectivity index (χ0) is 14.3. The lowest BCUT2D eigenvalue weighted by atomic mass is 10.00. The van der Waals surface area contributed by atoms with Crippen molar-refractivity contribution in [3.63, 3.8) is 0 Å². The Labute approximate surface area is 111 Å². The Morgan fingerprint density at radius 2 is 2.11 bits per heavy atom. The molecule has 1 aromatic rings. The highest BCUT2D eigenvalue weighted by Gasteiger charge is 2.30. The number of hydrogen-bond donors (Lipinski definition) is 2. The number of alkyl halides is 3. The van der Waals surface area contributed by atoms with Crippen LogP contribution in [0.2, 0.25) is 0 Å². The normalized spacial score (nSPS) is 13.3. The fourth-order valence-corrected chi connectivity index (χ4v) is 1.91. The minimum Gasteiger partial charge on any atom is -0.271 e. The molecular formula is C14H19F3N2. The Kier molecular flexibility index (Phi) is 6.05. The predicted molar refractivity (Wildman–Crippen MR) is 70.3 cm³/mol. The topological polar surface area (TPSA) is 38.0 Å². The van der Waals surface area contributed by atoms with Gasteiger partial charge in [-0.15, -0.1) is 6.58 Å². The molecule has 0 saturated heterocycles. The van der Waals surface area contributed by atoms with E-state index in [0.29, 0.717) is 12.0 Å². The summed E-state index contributed by atoms with van der Waals surface area (Å²) in [6, 6.07) is 5.34. The SMILES string of the molecule is C=CCCCC(Cc1cccc(C(F)(F)F)c1)NN. The van der Waals surface area contributed by atoms with Gasteiger partial charge in [-0.1, -0.05) is 24.3 Å². The summed E-state index contributed by atoms with van der Waals surface area (Å²) in [6.45, 7) is 3.63. The van der Waals surface area contributed by atoms with Gasteiger partial charge in [-0.05, 0) is 37.3 Å². The van der Waals surface area contributed by atoms with Crippen LogP contribution in [0.15, 0.2) is 36.9 Å². The Morgan fingerprint density at radius 3 is 2.68 bits per heavy atom. The molecule has 0 aliphatic heterocycles. The van der Waals surface area contributed by atoms with Crippen LogP contribution in [-0.4, -0.2) is 6.04 Å². The molecule has 0 amide bonds. The molecular weight excluding hydrogens is 253 g/mol. The molecule has 0 aromatic heterocycles. The summed E-state index contributed by atoms with van der Waals surface area (Å²) in [6.07, 6.45) is 0.594. The summed E-state index contributed by atoms with van der Waals surface area (Å²) in [7, 11) is 0. The number of hydrogen-bond acceptors (Lipinski definition) is 2. The second-order valence-electron chi connectivity index (χ2n) is 4.49. The highest BCUT2D eigenvalue weighted by atomic mass is 19.4. The Bertz CT molecular complexity index is 402. The van der Waals surface area contributed by atoms with E-state index in [2.05, 4.69) is 12.0 Å². The molecule has 5 heteroatoms. The Balaban J connectivity index is 2.66. The quantitative estimate of drug-likeness (QED) is 0.345. The first-order chi connectivity index (χ1) is 8.97. The molecule has 0 spiro atoms. The molecule has 19 heavy (non-hydrogen) atoms. The van der Waals surface area contributed by atoms with Crippen molar-refractivity contribution in [3.8, 4) is 0 Å². The fraction of sp³-hybridized carbons (Fsp3) is 0.429. The lowest BCUT2D eigenvalue weighted by Gasteiger charge is -2.16. The molecule has 2 nitrogen and oxygen atoms in total. The van der Waals surface area contributed by atoms with E-state index < -0.39 is 11.7 Å². The summed E-state index contributed by atoms with van der Waals surface area (Å²) in [5.41, 5.74) is 2.67. The molecule has 0 bridgehead atoms. The van der Waals surface area contributed by atoms with E-state index in [1.807, 2.05) is 6.08 Å². The van der Waals surface area contributed by atoms with Gasteiger partial charge in [0.1, 0.15) is 0 Å². The first-order valence-corrected chi connectivity index (χ1v) is 6.20. The van der Waals surface area contributed by atoms with Crippen molar-refractivity contribution in [3.05, 3.63) is 48.0 Å². The number of rotatable bonds is 7. The number of unbranched alkanes of at least 4 members (excludes halogenated alkanes) is 1. The van der Waals surface area contributed by atoms with Crippen LogP contribution < -0.4 is 11.3 Å². The summed E-state index contributed by atoms with van der Waals surface area (Å²) >= 11 is 0. The first-order valence-electron chi connectivity index (χ1n) is 6.20. The molecule has 0 aliphatic carbocycles. The van der Waals surface area contributed by atoms with Gasteiger partial charge in [0.05, 0.1) is 5.56 Å². The van der Waals surface area contributed by atoms with Gasteiger partial charge in [-0.2, -0.15) is 13.2 Å². The first kappa shape index (κ1) is 15.7. The van der Waals surface area contributed by atoms with Crippen LogP contribution in [0.25, 0.3) is 0 Å². The van der Waals surface area contributed by atoms with E-state index in [4.69, 9.17) is 5.84 Å². The fourth-order valence-electron chi connectivity index (χ4n) is 1.91. The molecule has 1 unspecified atom stereocenters. The molecule has 106 valence electrons. The molecule has 3 N–H and O–H groups in total. The summed E-state index contributed by atoms with van der Waals surface area (Å²) in [4.78, 5) is 0. The Hall–Kier alpha value is -1.33. The zero-order valence-electron chi connectivity index (χ0n) is 10.7. The van der Waals surface area contributed by atoms with Gasteiger partial charge in [-0.25, -0.2) is 0 Å². The standard InChI is InChI=1S/C14H19F3N2/c1-2-3-4-8-13(19-18)10-11-6-5-7-12(9-11)14(15,16)17/h2,5-7,9,13,19H,1,3-4,8,10,18H2. The van der Waals surface area contributed by atoms with E-state index in [0.717, 1.165) is 25.3 Å². The molecule has 0 fully saturated rings. The van der Waals surface area contributed by atoms with E-state index >= 15 is 0 Å². The van der Waals surface area contributed by atoms with Crippen LogP contribution in [0.1, 0.15) is 30.4 Å². The average Bonchev–Trinajstić information content (AvgIpc) is 2.37. The number of benzene rings is 1. The maximum absolute atomic E-state index is 12.6. The van der Waals surface area contributed by atoms with E-state index in [1.54, 1.807) is 6.07 Å². The van der Waals surface area contributed by atoms with Crippen LogP contribution in [0.5, 0.6) is 0 Å². The van der Waals surface area contributed by atoms with E-state index in [9.17, 15) is 13.2 Å². The van der Waals surface area contributed by atoms with Crippen LogP contribution >= 0.6 is 0 Å². The van der Waals surface area contributed by atoms with Gasteiger partial charge in [0.2, 0.25) is 0 Å². The van der Waals surface area contributed by atoms with E-state index in [1.165, 1.54) is 12.1 Å². The molecule has 1 atom stereocenters. The zero-order valence-corrected chi connectivity index (χ0v) is 10.7. The maximum atomic E-state index is 12.6. The van der Waals surface area contributed by atoms with Crippen molar-refractivity contribution in [1.29, 1.82) is 0 Å². The smallest absolute Gasteiger partial charge is 0.271 e. The number of nitrogens with one attached hydrogen (secondary N) is 1. The minimum absolute atomic E-state index is 0.0246. The van der Waals surface area contributed by atoms with Crippen molar-refractivity contribution in [2.45, 2.75) is 37.9 Å². The predicted octanol–water partition coefficient (Wildman–Crippen LogP) is 3.44. The van der Waals surface area contributed by atoms with Gasteiger partial charge in [0.25, 0.3) is 0 Å². The average molecular weight is 272 g/mol. The van der Waals surface area contributed by atoms with Gasteiger partial charge in [0, 0.05) is 6.04 Å². The number of allylic oxidation sites excluding steroid dienone is 1. The Morgan fingerprint density at radius 1 is 1.37 bits per heavy atom. The molecule has 0 heterocycles. The van der Waals surface area contributed by atoms with Crippen LogP contribution in [-0.2, 0) is 12.6 Å². The number of hydrazine groups is 1. The van der Waals surface area contributed by atoms with Crippen molar-refractivity contribution in [1.82, 2.24) is 5.43 Å². The number of nitrogens with two attached hydrogens (primary N) is 1. The summed E-state index contributed by atoms with van der Waals surface area (Å²) in [5, 5.41) is 0. The monoisotopic (exact) mass is 272 g/mol. The lowest BCUT2D eigenvalue weighted by Crippen LogP contribution is -2.36. The summed E-state index contributed by atoms with van der Waals surface area (Å²) < 4.78 is 37.8. The maximum Gasteiger partial charge on any atom is 0.416 e. The third-order valence-corrected chi connectivity index (χ3v) is 2.93. The molecule has 0 radical (unpaired) electrons. The van der Waals surface area contributed by atoms with Gasteiger partial charge in [0.15, 0.2) is 0 Å². The van der Waals surface area contributed by atoms with E-state index in [-0.39, 0.29) is 6.04 Å². The summed E-state index contributed by atoms with van der Waals surface area (Å²) in [5.74, 6) is 5.43. The molecule has 0 saturated carbocycles. The van der Waals surface area contributed by atoms with Crippen molar-refractivity contribution in [2.24, 2.45) is 5.84 Å². The largest absolute Gasteiger partial charge is 0.416 e. The number of halogens is 3. The highest BCUT2D eigenvalue weighted by Crippen LogP contribution is 2.29. The van der Waals surface area contributed by atoms with Gasteiger partial charge in [-0.3, -0.25) is 11.3 Å². The van der Waals surface area contributed by atoms with Gasteiger partial charge >= 0.3 is 6.18 Å². The van der Waals surface area contributed by atoms with Crippen molar-refractivity contribution in [2.75, 3.05) is 0 Å². The third-order valence-electron chi connectivity index (χ3n) is 2.93. The van der Waals surface area contributed by atoms with Crippen molar-refractivity contribution < 1.29 is 13.2 Å². The third kappa shape index (κ3) is 5.44. The second kappa shape index (κ2) is 7.31. The molecule has 0 aliphatic rings. The van der Waals surface area contributed by atoms with Crippen LogP contribution in [0.3, 0.4) is 0 Å². The highest BCUT2D eigenvalue weighted by molar-refractivity contribution is 5.26. The van der Waals surface area contributed by atoms with Crippen molar-refractivity contribution >= 4 is 0 Å². The minimum atomic E-state index is -4.30. The molecule has 1 rings (SSSR count). The second-order valence-corrected chi connectivity index (χ2v) is 4.49. The van der Waals surface area contributed by atoms with Gasteiger partial charge < -0.3 is 0 Å². The molecule has 1 aromatic carbocycles. The van der Waals surface area contributed by atoms with Crippen LogP contribution in [0.4, 0.5) is 13.2 Å².